The van der Waals surface area contributed by atoms with Crippen molar-refractivity contribution < 1.29 is 9.53 Å². The molecule has 20 heavy (non-hydrogen) atoms. The maximum Gasteiger partial charge on any atom is 0.223 e. The number of hydrogen-bond donors (Lipinski definition) is 2. The molecule has 0 radical (unpaired) electrons. The van der Waals surface area contributed by atoms with E-state index in [9.17, 15) is 4.79 Å². The number of pyridine rings is 1. The van der Waals surface area contributed by atoms with Crippen molar-refractivity contribution in [2.75, 3.05) is 13.2 Å². The largest absolute Gasteiger partial charge is 0.491 e. The van der Waals surface area contributed by atoms with Gasteiger partial charge in [-0.3, -0.25) is 9.78 Å². The molecular weight excluding hydrogens is 254 g/mol. The number of rotatable bonds is 8. The molecule has 1 aromatic rings. The molecule has 5 heteroatoms. The molecule has 5 nitrogen and oxygen atoms in total. The Morgan fingerprint density at radius 3 is 2.80 bits per heavy atom. The Morgan fingerprint density at radius 2 is 2.15 bits per heavy atom. The molecule has 0 aliphatic heterocycles. The van der Waals surface area contributed by atoms with Crippen LogP contribution in [0.5, 0.6) is 5.75 Å². The zero-order valence-corrected chi connectivity index (χ0v) is 12.8. The van der Waals surface area contributed by atoms with Gasteiger partial charge in [-0.1, -0.05) is 13.8 Å². The molecule has 0 bridgehead atoms. The van der Waals surface area contributed by atoms with Crippen LogP contribution in [0, 0.1) is 6.92 Å². The summed E-state index contributed by atoms with van der Waals surface area (Å²) in [5.41, 5.74) is 1.84. The van der Waals surface area contributed by atoms with E-state index < -0.39 is 0 Å². The maximum absolute atomic E-state index is 11.4. The number of aromatic nitrogens is 1. The number of carbonyl (C=O) groups is 1. The van der Waals surface area contributed by atoms with E-state index in [4.69, 9.17) is 4.74 Å². The van der Waals surface area contributed by atoms with Gasteiger partial charge in [-0.25, -0.2) is 0 Å². The number of nitrogens with one attached hydrogen (secondary N) is 2. The molecule has 0 atom stereocenters. The van der Waals surface area contributed by atoms with Gasteiger partial charge in [0.1, 0.15) is 5.75 Å². The molecular formula is C15H25N3O2. The van der Waals surface area contributed by atoms with Gasteiger partial charge in [-0.05, 0) is 26.0 Å². The molecule has 1 aromatic heterocycles. The Kier molecular flexibility index (Phi) is 7.01. The van der Waals surface area contributed by atoms with Crippen molar-refractivity contribution in [2.45, 2.75) is 46.7 Å². The zero-order chi connectivity index (χ0) is 15.0. The van der Waals surface area contributed by atoms with Crippen molar-refractivity contribution in [1.82, 2.24) is 15.6 Å². The summed E-state index contributed by atoms with van der Waals surface area (Å²) in [6, 6.07) is 4.22. The predicted octanol–water partition coefficient (Wildman–Crippen LogP) is 1.79. The molecule has 0 saturated carbocycles. The van der Waals surface area contributed by atoms with Gasteiger partial charge in [0.25, 0.3) is 0 Å². The van der Waals surface area contributed by atoms with Gasteiger partial charge in [-0.2, -0.15) is 0 Å². The van der Waals surface area contributed by atoms with Crippen LogP contribution >= 0.6 is 0 Å². The first kappa shape index (κ1) is 16.4. The van der Waals surface area contributed by atoms with Gasteiger partial charge in [0.2, 0.25) is 5.91 Å². The highest BCUT2D eigenvalue weighted by Crippen LogP contribution is 2.17. The summed E-state index contributed by atoms with van der Waals surface area (Å²) in [4.78, 5) is 15.9. The molecule has 112 valence electrons. The highest BCUT2D eigenvalue weighted by Gasteiger charge is 2.08. The van der Waals surface area contributed by atoms with Crippen LogP contribution in [-0.4, -0.2) is 30.1 Å². The van der Waals surface area contributed by atoms with Crippen LogP contribution < -0.4 is 15.4 Å². The third-order valence-corrected chi connectivity index (χ3v) is 2.71. The molecule has 0 aliphatic carbocycles. The molecule has 0 fully saturated rings. The minimum atomic E-state index is 0.00873. The lowest BCUT2D eigenvalue weighted by atomic mass is 10.2. The zero-order valence-electron chi connectivity index (χ0n) is 12.8. The number of carbonyl (C=O) groups excluding carboxylic acids is 1. The van der Waals surface area contributed by atoms with Gasteiger partial charge in [0.05, 0.1) is 18.7 Å². The van der Waals surface area contributed by atoms with Crippen molar-refractivity contribution in [3.63, 3.8) is 0 Å². The third-order valence-electron chi connectivity index (χ3n) is 2.71. The number of ether oxygens (including phenoxy) is 1. The Balaban J connectivity index is 2.57. The van der Waals surface area contributed by atoms with Crippen molar-refractivity contribution in [1.29, 1.82) is 0 Å². The van der Waals surface area contributed by atoms with E-state index in [1.54, 1.807) is 0 Å². The predicted molar refractivity (Wildman–Crippen MR) is 79.7 cm³/mol. The van der Waals surface area contributed by atoms with Crippen molar-refractivity contribution in [3.05, 3.63) is 23.5 Å². The lowest BCUT2D eigenvalue weighted by molar-refractivity contribution is -0.121. The van der Waals surface area contributed by atoms with E-state index in [0.29, 0.717) is 32.2 Å². The third kappa shape index (κ3) is 6.02. The summed E-state index contributed by atoms with van der Waals surface area (Å²) in [5.74, 6) is 0.752. The molecule has 1 amide bonds. The Bertz CT molecular complexity index is 433. The quantitative estimate of drug-likeness (QED) is 0.761. The monoisotopic (exact) mass is 279 g/mol. The second-order valence-corrected chi connectivity index (χ2v) is 4.99. The van der Waals surface area contributed by atoms with Crippen LogP contribution in [0.25, 0.3) is 0 Å². The van der Waals surface area contributed by atoms with E-state index in [2.05, 4.69) is 29.5 Å². The number of nitrogens with zero attached hydrogens (tertiary/aromatic N) is 1. The molecule has 0 spiro atoms. The number of aryl methyl sites for hydroxylation is 1. The number of hydrogen-bond acceptors (Lipinski definition) is 4. The molecule has 0 unspecified atom stereocenters. The Labute approximate surface area is 121 Å². The van der Waals surface area contributed by atoms with E-state index in [1.165, 1.54) is 0 Å². The van der Waals surface area contributed by atoms with Crippen LogP contribution in [0.1, 0.15) is 38.6 Å². The first-order valence-corrected chi connectivity index (χ1v) is 7.12. The van der Waals surface area contributed by atoms with Gasteiger partial charge in [0.15, 0.2) is 0 Å². The standard InChI is InChI=1S/C15H25N3O2/c1-5-16-15(19)8-9-20-14-7-6-12(4)18-13(14)10-17-11(2)3/h6-7,11,17H,5,8-10H2,1-4H3,(H,16,19). The highest BCUT2D eigenvalue weighted by atomic mass is 16.5. The molecule has 1 rings (SSSR count). The minimum absolute atomic E-state index is 0.00873. The van der Waals surface area contributed by atoms with Gasteiger partial charge >= 0.3 is 0 Å². The lowest BCUT2D eigenvalue weighted by Gasteiger charge is -2.13. The van der Waals surface area contributed by atoms with Crippen molar-refractivity contribution in [3.8, 4) is 5.75 Å². The van der Waals surface area contributed by atoms with E-state index in [0.717, 1.165) is 17.1 Å². The molecule has 0 saturated heterocycles. The summed E-state index contributed by atoms with van der Waals surface area (Å²) in [5, 5.41) is 6.08. The summed E-state index contributed by atoms with van der Waals surface area (Å²) < 4.78 is 5.68. The van der Waals surface area contributed by atoms with E-state index >= 15 is 0 Å². The average Bonchev–Trinajstić information content (AvgIpc) is 2.38. The van der Waals surface area contributed by atoms with Gasteiger partial charge in [-0.15, -0.1) is 0 Å². The van der Waals surface area contributed by atoms with Crippen LogP contribution in [0.15, 0.2) is 12.1 Å². The number of amides is 1. The van der Waals surface area contributed by atoms with Crippen LogP contribution in [0.3, 0.4) is 0 Å². The van der Waals surface area contributed by atoms with E-state index in [1.807, 2.05) is 26.0 Å². The average molecular weight is 279 g/mol. The van der Waals surface area contributed by atoms with Gasteiger partial charge < -0.3 is 15.4 Å². The fourth-order valence-corrected chi connectivity index (χ4v) is 1.70. The fraction of sp³-hybridized carbons (Fsp3) is 0.600. The summed E-state index contributed by atoms with van der Waals surface area (Å²) >= 11 is 0. The summed E-state index contributed by atoms with van der Waals surface area (Å²) in [6.07, 6.45) is 0.360. The minimum Gasteiger partial charge on any atom is -0.491 e. The Morgan fingerprint density at radius 1 is 1.40 bits per heavy atom. The SMILES string of the molecule is CCNC(=O)CCOc1ccc(C)nc1CNC(C)C. The second kappa shape index (κ2) is 8.53. The molecule has 2 N–H and O–H groups in total. The molecule has 0 aliphatic rings. The lowest BCUT2D eigenvalue weighted by Crippen LogP contribution is -2.25. The van der Waals surface area contributed by atoms with Crippen LogP contribution in [0.2, 0.25) is 0 Å². The van der Waals surface area contributed by atoms with Gasteiger partial charge in [0, 0.05) is 24.8 Å². The first-order chi connectivity index (χ1) is 9.52. The summed E-state index contributed by atoms with van der Waals surface area (Å²) in [6.45, 7) is 9.71. The van der Waals surface area contributed by atoms with Crippen molar-refractivity contribution >= 4 is 5.91 Å². The first-order valence-electron chi connectivity index (χ1n) is 7.12. The Hall–Kier alpha value is -1.62. The van der Waals surface area contributed by atoms with Crippen LogP contribution in [-0.2, 0) is 11.3 Å². The molecule has 0 aromatic carbocycles. The maximum atomic E-state index is 11.4. The summed E-state index contributed by atoms with van der Waals surface area (Å²) in [7, 11) is 0. The van der Waals surface area contributed by atoms with E-state index in [-0.39, 0.29) is 5.91 Å². The highest BCUT2D eigenvalue weighted by molar-refractivity contribution is 5.75. The molecule has 1 heterocycles. The van der Waals surface area contributed by atoms with Crippen LogP contribution in [0.4, 0.5) is 0 Å². The fourth-order valence-electron chi connectivity index (χ4n) is 1.70. The normalized spacial score (nSPS) is 10.7. The smallest absolute Gasteiger partial charge is 0.223 e. The topological polar surface area (TPSA) is 63.2 Å². The van der Waals surface area contributed by atoms with Crippen molar-refractivity contribution in [2.24, 2.45) is 0 Å². The second-order valence-electron chi connectivity index (χ2n) is 4.99.